The second-order valence-corrected chi connectivity index (χ2v) is 13.7. The van der Waals surface area contributed by atoms with E-state index in [1.54, 1.807) is 15.2 Å². The molecule has 0 aliphatic carbocycles. The Balaban J connectivity index is 1.66. The molecule has 0 aliphatic rings. The summed E-state index contributed by atoms with van der Waals surface area (Å²) in [4.78, 5) is 22.4. The van der Waals surface area contributed by atoms with E-state index in [9.17, 15) is 0 Å². The van der Waals surface area contributed by atoms with Gasteiger partial charge in [-0.15, -0.1) is 10.2 Å². The lowest BCUT2D eigenvalue weighted by Gasteiger charge is -2.21. The van der Waals surface area contributed by atoms with Crippen LogP contribution < -0.4 is 17.2 Å². The zero-order valence-corrected chi connectivity index (χ0v) is 25.4. The molecule has 6 rings (SSSR count). The molecule has 14 heteroatoms. The van der Waals surface area contributed by atoms with Gasteiger partial charge in [0, 0.05) is 22.0 Å². The first kappa shape index (κ1) is 27.3. The van der Waals surface area contributed by atoms with Gasteiger partial charge in [0.15, 0.2) is 28.8 Å². The average molecular weight is 569 g/mol. The lowest BCUT2D eigenvalue weighted by atomic mass is 9.86. The fourth-order valence-corrected chi connectivity index (χ4v) is 5.33. The van der Waals surface area contributed by atoms with E-state index in [2.05, 4.69) is 82.2 Å². The van der Waals surface area contributed by atoms with Crippen molar-refractivity contribution >= 4 is 34.4 Å². The zero-order valence-electron chi connectivity index (χ0n) is 25.4. The van der Waals surface area contributed by atoms with Gasteiger partial charge in [-0.25, -0.2) is 34.0 Å². The van der Waals surface area contributed by atoms with Crippen LogP contribution in [-0.4, -0.2) is 53.8 Å². The van der Waals surface area contributed by atoms with E-state index in [1.165, 1.54) is 10.8 Å². The lowest BCUT2D eigenvalue weighted by molar-refractivity contribution is 0.546. The van der Waals surface area contributed by atoms with E-state index in [0.717, 1.165) is 22.5 Å². The number of aromatic nitrogens is 11. The van der Waals surface area contributed by atoms with Crippen LogP contribution in [0.1, 0.15) is 79.3 Å². The SMILES string of the molecule is CC(C)(C)c1c(-c2nc(N)c3cc(-c4nc(N)c5ncc(C(C)(C)C)n5n4)c(C(C)(C)C)n3n2)nn2c(N)ncnc12. The van der Waals surface area contributed by atoms with Crippen molar-refractivity contribution in [2.45, 2.75) is 78.6 Å². The Kier molecular flexibility index (Phi) is 5.57. The molecule has 6 aromatic heterocycles. The summed E-state index contributed by atoms with van der Waals surface area (Å²) < 4.78 is 5.08. The third-order valence-electron chi connectivity index (χ3n) is 7.18. The zero-order chi connectivity index (χ0) is 30.5. The lowest BCUT2D eigenvalue weighted by Crippen LogP contribution is -2.20. The molecule has 0 saturated heterocycles. The van der Waals surface area contributed by atoms with Crippen LogP contribution in [-0.2, 0) is 16.2 Å². The van der Waals surface area contributed by atoms with Gasteiger partial charge < -0.3 is 17.2 Å². The molecule has 0 unspecified atom stereocenters. The molecule has 6 N–H and O–H groups in total. The van der Waals surface area contributed by atoms with Crippen molar-refractivity contribution in [3.8, 4) is 22.9 Å². The van der Waals surface area contributed by atoms with Gasteiger partial charge in [-0.2, -0.15) is 9.61 Å². The van der Waals surface area contributed by atoms with Crippen molar-refractivity contribution < 1.29 is 0 Å². The number of rotatable bonds is 2. The summed E-state index contributed by atoms with van der Waals surface area (Å²) >= 11 is 0. The van der Waals surface area contributed by atoms with Crippen LogP contribution in [0.25, 0.3) is 39.7 Å². The Bertz CT molecular complexity index is 2020. The Morgan fingerprint density at radius 3 is 1.95 bits per heavy atom. The normalized spacial score (nSPS) is 13.2. The molecular weight excluding hydrogens is 532 g/mol. The second kappa shape index (κ2) is 8.57. The van der Waals surface area contributed by atoms with Crippen molar-refractivity contribution in [1.29, 1.82) is 0 Å². The molecule has 0 saturated carbocycles. The smallest absolute Gasteiger partial charge is 0.224 e. The minimum absolute atomic E-state index is 0.212. The molecule has 42 heavy (non-hydrogen) atoms. The largest absolute Gasteiger partial charge is 0.382 e. The number of fused-ring (bicyclic) bond motifs is 3. The fraction of sp³-hybridized carbons (Fsp3) is 0.429. The Morgan fingerprint density at radius 1 is 0.643 bits per heavy atom. The van der Waals surface area contributed by atoms with Crippen molar-refractivity contribution in [1.82, 2.24) is 53.8 Å². The highest BCUT2D eigenvalue weighted by molar-refractivity contribution is 5.80. The maximum absolute atomic E-state index is 6.63. The van der Waals surface area contributed by atoms with E-state index in [0.29, 0.717) is 34.2 Å². The third-order valence-corrected chi connectivity index (χ3v) is 7.18. The topological polar surface area (TPSA) is 194 Å². The fourth-order valence-electron chi connectivity index (χ4n) is 5.33. The van der Waals surface area contributed by atoms with Gasteiger partial charge in [-0.3, -0.25) is 0 Å². The number of imidazole rings is 1. The van der Waals surface area contributed by atoms with Crippen LogP contribution in [0.5, 0.6) is 0 Å². The van der Waals surface area contributed by atoms with Gasteiger partial charge in [0.05, 0.1) is 17.6 Å². The Hall–Kier alpha value is -4.88. The maximum atomic E-state index is 6.63. The molecule has 0 aliphatic heterocycles. The average Bonchev–Trinajstić information content (AvgIpc) is 3.56. The van der Waals surface area contributed by atoms with E-state index in [1.807, 2.05) is 6.07 Å². The van der Waals surface area contributed by atoms with Crippen molar-refractivity contribution in [2.75, 3.05) is 17.2 Å². The van der Waals surface area contributed by atoms with Crippen molar-refractivity contribution in [3.63, 3.8) is 0 Å². The summed E-state index contributed by atoms with van der Waals surface area (Å²) in [6, 6.07) is 1.91. The number of hydrogen-bond acceptors (Lipinski definition) is 11. The number of hydrogen-bond donors (Lipinski definition) is 3. The summed E-state index contributed by atoms with van der Waals surface area (Å²) in [5, 5.41) is 14.7. The molecule has 0 aromatic carbocycles. The summed E-state index contributed by atoms with van der Waals surface area (Å²) in [6.45, 7) is 18.8. The molecular formula is C28H36N14. The second-order valence-electron chi connectivity index (χ2n) is 13.7. The number of nitrogens with zero attached hydrogens (tertiary/aromatic N) is 11. The van der Waals surface area contributed by atoms with Crippen LogP contribution in [0.15, 0.2) is 18.6 Å². The van der Waals surface area contributed by atoms with E-state index >= 15 is 0 Å². The van der Waals surface area contributed by atoms with Gasteiger partial charge in [0.1, 0.15) is 17.5 Å². The van der Waals surface area contributed by atoms with Gasteiger partial charge in [-0.05, 0) is 11.5 Å². The molecule has 14 nitrogen and oxygen atoms in total. The van der Waals surface area contributed by atoms with Gasteiger partial charge in [-0.1, -0.05) is 62.3 Å². The monoisotopic (exact) mass is 568 g/mol. The van der Waals surface area contributed by atoms with Crippen molar-refractivity contribution in [2.24, 2.45) is 0 Å². The molecule has 218 valence electrons. The van der Waals surface area contributed by atoms with Crippen LogP contribution in [0, 0.1) is 0 Å². The summed E-state index contributed by atoms with van der Waals surface area (Å²) in [6.07, 6.45) is 3.22. The van der Waals surface area contributed by atoms with Gasteiger partial charge >= 0.3 is 0 Å². The molecule has 0 fully saturated rings. The first-order chi connectivity index (χ1) is 19.5. The highest BCUT2D eigenvalue weighted by atomic mass is 15.4. The van der Waals surface area contributed by atoms with E-state index < -0.39 is 5.41 Å². The van der Waals surface area contributed by atoms with E-state index in [4.69, 9.17) is 37.5 Å². The van der Waals surface area contributed by atoms with Crippen LogP contribution >= 0.6 is 0 Å². The van der Waals surface area contributed by atoms with Crippen LogP contribution in [0.3, 0.4) is 0 Å². The molecule has 0 radical (unpaired) electrons. The minimum atomic E-state index is -0.406. The number of nitrogen functional groups attached to an aromatic ring is 3. The molecule has 0 atom stereocenters. The van der Waals surface area contributed by atoms with Crippen LogP contribution in [0.4, 0.5) is 17.6 Å². The first-order valence-electron chi connectivity index (χ1n) is 13.7. The predicted octanol–water partition coefficient (Wildman–Crippen LogP) is 3.58. The summed E-state index contributed by atoms with van der Waals surface area (Å²) in [7, 11) is 0. The molecule has 0 bridgehead atoms. The first-order valence-corrected chi connectivity index (χ1v) is 13.7. The highest BCUT2D eigenvalue weighted by Crippen LogP contribution is 2.38. The summed E-state index contributed by atoms with van der Waals surface area (Å²) in [5.74, 6) is 1.54. The molecule has 0 amide bonds. The minimum Gasteiger partial charge on any atom is -0.382 e. The Morgan fingerprint density at radius 2 is 1.31 bits per heavy atom. The maximum Gasteiger partial charge on any atom is 0.224 e. The van der Waals surface area contributed by atoms with Crippen LogP contribution in [0.2, 0.25) is 0 Å². The number of anilines is 3. The van der Waals surface area contributed by atoms with E-state index in [-0.39, 0.29) is 28.4 Å². The summed E-state index contributed by atoms with van der Waals surface area (Å²) in [5.41, 5.74) is 23.8. The predicted molar refractivity (Wildman–Crippen MR) is 162 cm³/mol. The van der Waals surface area contributed by atoms with Gasteiger partial charge in [0.25, 0.3) is 0 Å². The van der Waals surface area contributed by atoms with Crippen molar-refractivity contribution in [3.05, 3.63) is 35.5 Å². The third kappa shape index (κ3) is 4.08. The number of nitrogens with two attached hydrogens (primary N) is 3. The Labute approximate surface area is 242 Å². The quantitative estimate of drug-likeness (QED) is 0.276. The molecule has 6 heterocycles. The molecule has 6 aromatic rings. The highest BCUT2D eigenvalue weighted by Gasteiger charge is 2.32. The standard InChI is InChI=1S/C28H36N14/c1-26(2,3)15-11-32-24-20(30)36-21(38-41(15)24)13-10-14-19(29)35-22(39-40(14)18(13)28(7,8)9)17-16(27(4,5)6)23-33-12-34-25(31)42(23)37-17/h10-12H,1-9H3,(H2,29,35,39)(H2,30,36,38)(H2,31,33,34). The molecule has 0 spiro atoms. The van der Waals surface area contributed by atoms with Gasteiger partial charge in [0.2, 0.25) is 11.8 Å².